The van der Waals surface area contributed by atoms with Crippen LogP contribution in [0.25, 0.3) is 0 Å². The van der Waals surface area contributed by atoms with E-state index in [1.54, 1.807) is 0 Å². The maximum Gasteiger partial charge on any atom is 0.131 e. The summed E-state index contributed by atoms with van der Waals surface area (Å²) in [4.78, 5) is 4.48. The molecule has 0 unspecified atom stereocenters. The van der Waals surface area contributed by atoms with Crippen molar-refractivity contribution in [3.8, 4) is 0 Å². The van der Waals surface area contributed by atoms with E-state index in [4.69, 9.17) is 17.3 Å². The van der Waals surface area contributed by atoms with Crippen molar-refractivity contribution in [3.63, 3.8) is 0 Å². The Morgan fingerprint density at radius 2 is 2.00 bits per heavy atom. The van der Waals surface area contributed by atoms with Gasteiger partial charge in [0.2, 0.25) is 0 Å². The second kappa shape index (κ2) is 5.55. The SMILES string of the molecule is Cc1ccccc1CCc1nc(CN)n(C)c1Cl. The molecule has 2 N–H and O–H groups in total. The molecule has 0 spiro atoms. The number of hydrogen-bond acceptors (Lipinski definition) is 2. The second-order valence-corrected chi connectivity index (χ2v) is 4.81. The third kappa shape index (κ3) is 2.57. The van der Waals surface area contributed by atoms with Crippen molar-refractivity contribution in [2.75, 3.05) is 0 Å². The van der Waals surface area contributed by atoms with Crippen LogP contribution < -0.4 is 5.73 Å². The van der Waals surface area contributed by atoms with Crippen LogP contribution in [0.3, 0.4) is 0 Å². The Hall–Kier alpha value is -1.32. The number of hydrogen-bond donors (Lipinski definition) is 1. The first-order valence-electron chi connectivity index (χ1n) is 6.08. The summed E-state index contributed by atoms with van der Waals surface area (Å²) in [5.41, 5.74) is 9.21. The molecule has 0 aliphatic rings. The van der Waals surface area contributed by atoms with E-state index in [0.29, 0.717) is 11.7 Å². The van der Waals surface area contributed by atoms with Gasteiger partial charge >= 0.3 is 0 Å². The third-order valence-corrected chi connectivity index (χ3v) is 3.73. The van der Waals surface area contributed by atoms with Crippen LogP contribution in [-0.2, 0) is 26.4 Å². The van der Waals surface area contributed by atoms with E-state index < -0.39 is 0 Å². The van der Waals surface area contributed by atoms with Crippen molar-refractivity contribution < 1.29 is 0 Å². The summed E-state index contributed by atoms with van der Waals surface area (Å²) in [6, 6.07) is 8.39. The standard InChI is InChI=1S/C14H18ClN3/c1-10-5-3-4-6-11(10)7-8-12-14(15)18(2)13(9-16)17-12/h3-6H,7-9,16H2,1-2H3. The summed E-state index contributed by atoms with van der Waals surface area (Å²) >= 11 is 6.24. The van der Waals surface area contributed by atoms with Gasteiger partial charge in [0.1, 0.15) is 11.0 Å². The molecule has 0 aliphatic carbocycles. The number of benzene rings is 1. The van der Waals surface area contributed by atoms with Crippen LogP contribution in [0.4, 0.5) is 0 Å². The first-order chi connectivity index (χ1) is 8.63. The molecule has 0 radical (unpaired) electrons. The molecule has 4 heteroatoms. The smallest absolute Gasteiger partial charge is 0.131 e. The average molecular weight is 264 g/mol. The quantitative estimate of drug-likeness (QED) is 0.922. The van der Waals surface area contributed by atoms with Gasteiger partial charge < -0.3 is 10.3 Å². The number of halogens is 1. The van der Waals surface area contributed by atoms with E-state index in [9.17, 15) is 0 Å². The molecule has 0 bridgehead atoms. The zero-order valence-electron chi connectivity index (χ0n) is 10.8. The van der Waals surface area contributed by atoms with Crippen LogP contribution in [0.15, 0.2) is 24.3 Å². The monoisotopic (exact) mass is 263 g/mol. The predicted molar refractivity (Wildman–Crippen MR) is 74.7 cm³/mol. The maximum atomic E-state index is 6.24. The van der Waals surface area contributed by atoms with Crippen LogP contribution in [0.1, 0.15) is 22.6 Å². The molecule has 18 heavy (non-hydrogen) atoms. The molecule has 1 aromatic heterocycles. The molecular weight excluding hydrogens is 246 g/mol. The topological polar surface area (TPSA) is 43.8 Å². The third-order valence-electron chi connectivity index (χ3n) is 3.26. The average Bonchev–Trinajstić information content (AvgIpc) is 2.65. The minimum absolute atomic E-state index is 0.417. The Balaban J connectivity index is 2.14. The molecule has 0 fully saturated rings. The van der Waals surface area contributed by atoms with Crippen molar-refractivity contribution in [3.05, 3.63) is 52.1 Å². The first kappa shape index (κ1) is 13.1. The molecule has 0 atom stereocenters. The lowest BCUT2D eigenvalue weighted by Crippen LogP contribution is -2.04. The highest BCUT2D eigenvalue weighted by Crippen LogP contribution is 2.19. The summed E-state index contributed by atoms with van der Waals surface area (Å²) in [5.74, 6) is 0.833. The van der Waals surface area contributed by atoms with Crippen LogP contribution in [-0.4, -0.2) is 9.55 Å². The van der Waals surface area contributed by atoms with E-state index in [2.05, 4.69) is 36.2 Å². The van der Waals surface area contributed by atoms with Crippen molar-refractivity contribution in [1.82, 2.24) is 9.55 Å². The number of aryl methyl sites for hydroxylation is 3. The number of rotatable bonds is 4. The zero-order valence-corrected chi connectivity index (χ0v) is 11.5. The van der Waals surface area contributed by atoms with Gasteiger partial charge in [-0.05, 0) is 30.9 Å². The van der Waals surface area contributed by atoms with E-state index in [0.717, 1.165) is 24.4 Å². The number of imidazole rings is 1. The van der Waals surface area contributed by atoms with Gasteiger partial charge in [-0.3, -0.25) is 0 Å². The summed E-state index contributed by atoms with van der Waals surface area (Å²) in [5, 5.41) is 0.698. The lowest BCUT2D eigenvalue weighted by molar-refractivity contribution is 0.793. The molecule has 1 aromatic carbocycles. The Morgan fingerprint density at radius 3 is 2.61 bits per heavy atom. The molecular formula is C14H18ClN3. The summed E-state index contributed by atoms with van der Waals surface area (Å²) in [7, 11) is 1.90. The highest BCUT2D eigenvalue weighted by Gasteiger charge is 2.11. The van der Waals surface area contributed by atoms with Crippen molar-refractivity contribution in [2.45, 2.75) is 26.3 Å². The highest BCUT2D eigenvalue weighted by molar-refractivity contribution is 6.30. The molecule has 96 valence electrons. The Bertz CT molecular complexity index is 546. The fraction of sp³-hybridized carbons (Fsp3) is 0.357. The molecule has 1 heterocycles. The Kier molecular flexibility index (Phi) is 4.04. The van der Waals surface area contributed by atoms with Gasteiger partial charge in [0.05, 0.1) is 12.2 Å². The van der Waals surface area contributed by atoms with Gasteiger partial charge in [-0.25, -0.2) is 4.98 Å². The van der Waals surface area contributed by atoms with E-state index in [1.807, 2.05) is 11.6 Å². The normalized spacial score (nSPS) is 10.9. The predicted octanol–water partition coefficient (Wildman–Crippen LogP) is 2.63. The Labute approximate surface area is 113 Å². The zero-order chi connectivity index (χ0) is 13.1. The largest absolute Gasteiger partial charge is 0.324 e. The van der Waals surface area contributed by atoms with Gasteiger partial charge in [-0.1, -0.05) is 35.9 Å². The fourth-order valence-electron chi connectivity index (χ4n) is 2.07. The van der Waals surface area contributed by atoms with Crippen LogP contribution in [0, 0.1) is 6.92 Å². The van der Waals surface area contributed by atoms with Gasteiger partial charge in [-0.15, -0.1) is 0 Å². The summed E-state index contributed by atoms with van der Waals surface area (Å²) in [6.07, 6.45) is 1.80. The number of nitrogens with two attached hydrogens (primary N) is 1. The van der Waals surface area contributed by atoms with E-state index in [1.165, 1.54) is 11.1 Å². The second-order valence-electron chi connectivity index (χ2n) is 4.46. The first-order valence-corrected chi connectivity index (χ1v) is 6.45. The minimum Gasteiger partial charge on any atom is -0.324 e. The van der Waals surface area contributed by atoms with Gasteiger partial charge in [-0.2, -0.15) is 0 Å². The lowest BCUT2D eigenvalue weighted by Gasteiger charge is -2.04. The molecule has 0 aliphatic heterocycles. The van der Waals surface area contributed by atoms with Crippen molar-refractivity contribution in [2.24, 2.45) is 12.8 Å². The van der Waals surface area contributed by atoms with E-state index >= 15 is 0 Å². The van der Waals surface area contributed by atoms with Crippen LogP contribution in [0.2, 0.25) is 5.15 Å². The van der Waals surface area contributed by atoms with Crippen LogP contribution in [0.5, 0.6) is 0 Å². The number of nitrogens with zero attached hydrogens (tertiary/aromatic N) is 2. The maximum absolute atomic E-state index is 6.24. The molecule has 3 nitrogen and oxygen atoms in total. The molecule has 0 saturated carbocycles. The Morgan fingerprint density at radius 1 is 1.28 bits per heavy atom. The highest BCUT2D eigenvalue weighted by atomic mass is 35.5. The van der Waals surface area contributed by atoms with Gasteiger partial charge in [0, 0.05) is 7.05 Å². The van der Waals surface area contributed by atoms with Gasteiger partial charge in [0.25, 0.3) is 0 Å². The van der Waals surface area contributed by atoms with Crippen LogP contribution >= 0.6 is 11.6 Å². The van der Waals surface area contributed by atoms with Crippen molar-refractivity contribution in [1.29, 1.82) is 0 Å². The number of aromatic nitrogens is 2. The minimum atomic E-state index is 0.417. The molecule has 0 saturated heterocycles. The lowest BCUT2D eigenvalue weighted by atomic mass is 10.0. The molecule has 0 amide bonds. The summed E-state index contributed by atoms with van der Waals surface area (Å²) < 4.78 is 1.86. The van der Waals surface area contributed by atoms with Gasteiger partial charge in [0.15, 0.2) is 0 Å². The summed E-state index contributed by atoms with van der Waals surface area (Å²) in [6.45, 7) is 2.54. The van der Waals surface area contributed by atoms with Crippen molar-refractivity contribution >= 4 is 11.6 Å². The van der Waals surface area contributed by atoms with E-state index in [-0.39, 0.29) is 0 Å². The fourth-order valence-corrected chi connectivity index (χ4v) is 2.30. The molecule has 2 aromatic rings. The molecule has 2 rings (SSSR count).